The smallest absolute Gasteiger partial charge is 0.305 e. The van der Waals surface area contributed by atoms with Crippen LogP contribution in [-0.4, -0.2) is 40.5 Å². The zero-order valence-electron chi connectivity index (χ0n) is 9.69. The van der Waals surface area contributed by atoms with Crippen LogP contribution >= 0.6 is 0 Å². The van der Waals surface area contributed by atoms with E-state index in [9.17, 15) is 9.59 Å². The molecule has 1 rings (SSSR count). The van der Waals surface area contributed by atoms with Crippen molar-refractivity contribution < 1.29 is 14.7 Å². The molecule has 92 valence electrons. The largest absolute Gasteiger partial charge is 0.481 e. The van der Waals surface area contributed by atoms with Gasteiger partial charge in [-0.2, -0.15) is 0 Å². The zero-order chi connectivity index (χ0) is 12.1. The van der Waals surface area contributed by atoms with E-state index in [1.54, 1.807) is 4.90 Å². The topological polar surface area (TPSA) is 83.6 Å². The second-order valence-corrected chi connectivity index (χ2v) is 4.50. The molecule has 1 aliphatic heterocycles. The summed E-state index contributed by atoms with van der Waals surface area (Å²) in [6.07, 6.45) is 2.85. The van der Waals surface area contributed by atoms with Crippen molar-refractivity contribution in [2.24, 2.45) is 5.73 Å². The molecule has 0 saturated carbocycles. The molecule has 2 unspecified atom stereocenters. The number of carbonyl (C=O) groups is 2. The summed E-state index contributed by atoms with van der Waals surface area (Å²) in [5.74, 6) is -0.794. The predicted octanol–water partition coefficient (Wildman–Crippen LogP) is 0.579. The van der Waals surface area contributed by atoms with E-state index < -0.39 is 5.97 Å². The molecule has 0 aliphatic carbocycles. The Morgan fingerprint density at radius 2 is 2.25 bits per heavy atom. The molecule has 1 fully saturated rings. The van der Waals surface area contributed by atoms with Crippen LogP contribution in [0.15, 0.2) is 0 Å². The highest BCUT2D eigenvalue weighted by molar-refractivity contribution is 5.78. The van der Waals surface area contributed by atoms with Crippen molar-refractivity contribution in [3.63, 3.8) is 0 Å². The molecule has 1 heterocycles. The van der Waals surface area contributed by atoms with E-state index >= 15 is 0 Å². The average Bonchev–Trinajstić information content (AvgIpc) is 2.61. The maximum atomic E-state index is 11.8. The lowest BCUT2D eigenvalue weighted by molar-refractivity contribution is -0.139. The van der Waals surface area contributed by atoms with Crippen molar-refractivity contribution in [2.75, 3.05) is 6.54 Å². The second-order valence-electron chi connectivity index (χ2n) is 4.50. The van der Waals surface area contributed by atoms with E-state index in [2.05, 4.69) is 0 Å². The van der Waals surface area contributed by atoms with Gasteiger partial charge in [0.1, 0.15) is 0 Å². The monoisotopic (exact) mass is 228 g/mol. The Kier molecular flexibility index (Phi) is 4.73. The number of nitrogens with two attached hydrogens (primary N) is 1. The number of amides is 1. The molecule has 3 N–H and O–H groups in total. The van der Waals surface area contributed by atoms with E-state index in [0.717, 1.165) is 12.8 Å². The first-order chi connectivity index (χ1) is 7.50. The van der Waals surface area contributed by atoms with Gasteiger partial charge in [0.25, 0.3) is 0 Å². The van der Waals surface area contributed by atoms with Gasteiger partial charge in [0.05, 0.1) is 6.42 Å². The molecule has 1 amide bonds. The van der Waals surface area contributed by atoms with E-state index in [1.807, 2.05) is 6.92 Å². The number of aliphatic carboxylic acids is 1. The molecule has 1 saturated heterocycles. The lowest BCUT2D eigenvalue weighted by atomic mass is 10.1. The maximum absolute atomic E-state index is 11.8. The van der Waals surface area contributed by atoms with E-state index in [1.165, 1.54) is 0 Å². The van der Waals surface area contributed by atoms with Gasteiger partial charge in [0, 0.05) is 25.0 Å². The summed E-state index contributed by atoms with van der Waals surface area (Å²) < 4.78 is 0. The molecule has 0 bridgehead atoms. The quantitative estimate of drug-likeness (QED) is 0.721. The van der Waals surface area contributed by atoms with Crippen LogP contribution in [0.4, 0.5) is 0 Å². The van der Waals surface area contributed by atoms with Crippen LogP contribution in [0.1, 0.15) is 39.0 Å². The number of hydrogen-bond donors (Lipinski definition) is 2. The molecule has 0 aromatic rings. The average molecular weight is 228 g/mol. The first-order valence-electron chi connectivity index (χ1n) is 5.77. The number of likely N-dealkylation sites (tertiary alicyclic amines) is 1. The summed E-state index contributed by atoms with van der Waals surface area (Å²) in [5, 5.41) is 8.73. The van der Waals surface area contributed by atoms with Gasteiger partial charge in [-0.3, -0.25) is 9.59 Å². The van der Waals surface area contributed by atoms with Crippen molar-refractivity contribution >= 4 is 11.9 Å². The minimum atomic E-state index is -0.836. The van der Waals surface area contributed by atoms with Crippen LogP contribution in [0.5, 0.6) is 0 Å². The predicted molar refractivity (Wildman–Crippen MR) is 59.9 cm³/mol. The fourth-order valence-electron chi connectivity index (χ4n) is 2.07. The molecule has 2 atom stereocenters. The Morgan fingerprint density at radius 1 is 1.56 bits per heavy atom. The van der Waals surface area contributed by atoms with Gasteiger partial charge in [-0.1, -0.05) is 0 Å². The van der Waals surface area contributed by atoms with Gasteiger partial charge >= 0.3 is 5.97 Å². The van der Waals surface area contributed by atoms with Crippen molar-refractivity contribution in [2.45, 2.75) is 51.1 Å². The lowest BCUT2D eigenvalue weighted by Crippen LogP contribution is -2.37. The number of hydrogen-bond acceptors (Lipinski definition) is 3. The van der Waals surface area contributed by atoms with Crippen LogP contribution in [0.3, 0.4) is 0 Å². The summed E-state index contributed by atoms with van der Waals surface area (Å²) in [5.41, 5.74) is 5.59. The van der Waals surface area contributed by atoms with Crippen molar-refractivity contribution in [3.8, 4) is 0 Å². The number of carbonyl (C=O) groups excluding carboxylic acids is 1. The molecule has 0 radical (unpaired) electrons. The van der Waals surface area contributed by atoms with E-state index in [-0.39, 0.29) is 24.4 Å². The van der Waals surface area contributed by atoms with Crippen molar-refractivity contribution in [3.05, 3.63) is 0 Å². The highest BCUT2D eigenvalue weighted by Gasteiger charge is 2.29. The molecule has 0 spiro atoms. The third-order valence-corrected chi connectivity index (χ3v) is 2.92. The Balaban J connectivity index is 2.44. The van der Waals surface area contributed by atoms with Gasteiger partial charge < -0.3 is 15.7 Å². The highest BCUT2D eigenvalue weighted by atomic mass is 16.4. The van der Waals surface area contributed by atoms with E-state index in [4.69, 9.17) is 10.8 Å². The zero-order valence-corrected chi connectivity index (χ0v) is 9.69. The summed E-state index contributed by atoms with van der Waals surface area (Å²) in [7, 11) is 0. The lowest BCUT2D eigenvalue weighted by Gasteiger charge is -2.23. The van der Waals surface area contributed by atoms with Crippen LogP contribution in [-0.2, 0) is 9.59 Å². The minimum Gasteiger partial charge on any atom is -0.481 e. The minimum absolute atomic E-state index is 0.0180. The number of nitrogens with zero attached hydrogens (tertiary/aromatic N) is 1. The summed E-state index contributed by atoms with van der Waals surface area (Å²) >= 11 is 0. The second kappa shape index (κ2) is 5.84. The highest BCUT2D eigenvalue weighted by Crippen LogP contribution is 2.21. The normalized spacial score (nSPS) is 22.1. The fraction of sp³-hybridized carbons (Fsp3) is 0.818. The molecule has 0 aromatic carbocycles. The fourth-order valence-corrected chi connectivity index (χ4v) is 2.07. The number of carboxylic acid groups (broad SMARTS) is 1. The Labute approximate surface area is 95.6 Å². The van der Waals surface area contributed by atoms with Gasteiger partial charge in [0.2, 0.25) is 5.91 Å². The van der Waals surface area contributed by atoms with Crippen LogP contribution < -0.4 is 5.73 Å². The standard InChI is InChI=1S/C11H20N2O3/c1-8(12)4-5-10(14)13-6-2-3-9(13)7-11(15)16/h8-9H,2-7,12H2,1H3,(H,15,16). The SMILES string of the molecule is CC(N)CCC(=O)N1CCCC1CC(=O)O. The Hall–Kier alpha value is -1.10. The Bertz CT molecular complexity index is 266. The van der Waals surface area contributed by atoms with Gasteiger partial charge in [-0.15, -0.1) is 0 Å². The first-order valence-corrected chi connectivity index (χ1v) is 5.77. The van der Waals surface area contributed by atoms with Crippen molar-refractivity contribution in [1.29, 1.82) is 0 Å². The van der Waals surface area contributed by atoms with Gasteiger partial charge in [-0.25, -0.2) is 0 Å². The summed E-state index contributed by atoms with van der Waals surface area (Å²) in [6, 6.07) is -0.0949. The summed E-state index contributed by atoms with van der Waals surface area (Å²) in [4.78, 5) is 24.2. The molecule has 0 aromatic heterocycles. The molecule has 16 heavy (non-hydrogen) atoms. The molecular weight excluding hydrogens is 208 g/mol. The maximum Gasteiger partial charge on any atom is 0.305 e. The van der Waals surface area contributed by atoms with Crippen LogP contribution in [0, 0.1) is 0 Å². The third-order valence-electron chi connectivity index (χ3n) is 2.92. The Morgan fingerprint density at radius 3 is 2.81 bits per heavy atom. The summed E-state index contributed by atoms with van der Waals surface area (Å²) in [6.45, 7) is 2.56. The van der Waals surface area contributed by atoms with Crippen LogP contribution in [0.25, 0.3) is 0 Å². The van der Waals surface area contributed by atoms with E-state index in [0.29, 0.717) is 19.4 Å². The van der Waals surface area contributed by atoms with Crippen molar-refractivity contribution in [1.82, 2.24) is 4.90 Å². The third kappa shape index (κ3) is 3.81. The van der Waals surface area contributed by atoms with Gasteiger partial charge in [0.15, 0.2) is 0 Å². The first kappa shape index (κ1) is 13.0. The molecular formula is C11H20N2O3. The number of carboxylic acids is 1. The molecule has 5 nitrogen and oxygen atoms in total. The van der Waals surface area contributed by atoms with Gasteiger partial charge in [-0.05, 0) is 26.2 Å². The number of rotatable bonds is 5. The molecule has 5 heteroatoms. The molecule has 1 aliphatic rings. The van der Waals surface area contributed by atoms with Crippen LogP contribution in [0.2, 0.25) is 0 Å².